The highest BCUT2D eigenvalue weighted by Crippen LogP contribution is 2.19. The summed E-state index contributed by atoms with van der Waals surface area (Å²) in [6.07, 6.45) is 4.09. The molecule has 0 aromatic rings. The van der Waals surface area contributed by atoms with Crippen LogP contribution in [0.15, 0.2) is 0 Å². The minimum Gasteiger partial charge on any atom is -0.346 e. The lowest BCUT2D eigenvalue weighted by Gasteiger charge is -2.24. The van der Waals surface area contributed by atoms with E-state index in [1.165, 1.54) is 6.42 Å². The molecule has 0 aromatic carbocycles. The van der Waals surface area contributed by atoms with E-state index in [1.54, 1.807) is 0 Å². The highest BCUT2D eigenvalue weighted by Gasteiger charge is 2.20. The smallest absolute Gasteiger partial charge is 0.223 e. The van der Waals surface area contributed by atoms with Gasteiger partial charge in [0.2, 0.25) is 5.91 Å². The fraction of sp³-hybridized carbons (Fsp3) is 0.923. The van der Waals surface area contributed by atoms with Gasteiger partial charge in [-0.3, -0.25) is 4.79 Å². The summed E-state index contributed by atoms with van der Waals surface area (Å²) in [5, 5.41) is 3.37. The van der Waals surface area contributed by atoms with E-state index in [4.69, 9.17) is 0 Å². The van der Waals surface area contributed by atoms with Crippen molar-refractivity contribution in [3.8, 4) is 0 Å². The lowest BCUT2D eigenvalue weighted by Crippen LogP contribution is -2.35. The second-order valence-corrected chi connectivity index (χ2v) is 6.12. The number of carbonyl (C=O) groups is 1. The zero-order valence-corrected chi connectivity index (χ0v) is 11.2. The van der Waals surface area contributed by atoms with Crippen molar-refractivity contribution in [1.82, 2.24) is 10.2 Å². The minimum atomic E-state index is 0.281. The molecule has 0 radical (unpaired) electrons. The third kappa shape index (κ3) is 4.97. The number of nitrogens with one attached hydrogen (secondary N) is 1. The van der Waals surface area contributed by atoms with Crippen molar-refractivity contribution in [2.75, 3.05) is 20.1 Å². The van der Waals surface area contributed by atoms with Gasteiger partial charge in [-0.1, -0.05) is 20.8 Å². The summed E-state index contributed by atoms with van der Waals surface area (Å²) in [7, 11) is 1.92. The molecule has 1 unspecified atom stereocenters. The van der Waals surface area contributed by atoms with Crippen molar-refractivity contribution in [3.63, 3.8) is 0 Å². The van der Waals surface area contributed by atoms with Crippen LogP contribution < -0.4 is 5.32 Å². The largest absolute Gasteiger partial charge is 0.346 e. The van der Waals surface area contributed by atoms with Crippen molar-refractivity contribution >= 4 is 5.91 Å². The van der Waals surface area contributed by atoms with Crippen molar-refractivity contribution in [3.05, 3.63) is 0 Å². The minimum absolute atomic E-state index is 0.281. The molecule has 16 heavy (non-hydrogen) atoms. The maximum Gasteiger partial charge on any atom is 0.223 e. The predicted molar refractivity (Wildman–Crippen MR) is 67.4 cm³/mol. The Kier molecular flexibility index (Phi) is 4.78. The molecule has 94 valence electrons. The molecule has 1 atom stereocenters. The van der Waals surface area contributed by atoms with Gasteiger partial charge < -0.3 is 10.2 Å². The molecule has 3 nitrogen and oxygen atoms in total. The third-order valence-corrected chi connectivity index (χ3v) is 3.21. The number of rotatable bonds is 4. The molecular weight excluding hydrogens is 200 g/mol. The van der Waals surface area contributed by atoms with Gasteiger partial charge in [0.15, 0.2) is 0 Å². The number of carbonyl (C=O) groups excluding carboxylic acids is 1. The summed E-state index contributed by atoms with van der Waals surface area (Å²) in [6, 6.07) is 0.421. The SMILES string of the molecule is CN(CCC(C)(C)C)C(=O)CC1CCCN1. The summed E-state index contributed by atoms with van der Waals surface area (Å²) >= 11 is 0. The van der Waals surface area contributed by atoms with Crippen LogP contribution in [0.5, 0.6) is 0 Å². The zero-order valence-electron chi connectivity index (χ0n) is 11.2. The van der Waals surface area contributed by atoms with Gasteiger partial charge in [-0.05, 0) is 31.2 Å². The highest BCUT2D eigenvalue weighted by molar-refractivity contribution is 5.76. The number of hydrogen-bond donors (Lipinski definition) is 1. The van der Waals surface area contributed by atoms with Crippen molar-refractivity contribution < 1.29 is 4.79 Å². The van der Waals surface area contributed by atoms with E-state index in [1.807, 2.05) is 11.9 Å². The molecule has 1 rings (SSSR count). The van der Waals surface area contributed by atoms with Gasteiger partial charge >= 0.3 is 0 Å². The van der Waals surface area contributed by atoms with Gasteiger partial charge in [0.05, 0.1) is 0 Å². The molecule has 1 fully saturated rings. The Hall–Kier alpha value is -0.570. The van der Waals surface area contributed by atoms with Crippen LogP contribution in [0.1, 0.15) is 46.5 Å². The highest BCUT2D eigenvalue weighted by atomic mass is 16.2. The van der Waals surface area contributed by atoms with Crippen LogP contribution in [0.25, 0.3) is 0 Å². The maximum absolute atomic E-state index is 11.9. The predicted octanol–water partition coefficient (Wildman–Crippen LogP) is 2.02. The zero-order chi connectivity index (χ0) is 12.2. The number of nitrogens with zero attached hydrogens (tertiary/aromatic N) is 1. The fourth-order valence-corrected chi connectivity index (χ4v) is 1.93. The van der Waals surface area contributed by atoms with Crippen LogP contribution in [0.2, 0.25) is 0 Å². The lowest BCUT2D eigenvalue weighted by atomic mass is 9.92. The number of hydrogen-bond acceptors (Lipinski definition) is 2. The summed E-state index contributed by atoms with van der Waals surface area (Å²) in [6.45, 7) is 8.58. The third-order valence-electron chi connectivity index (χ3n) is 3.21. The lowest BCUT2D eigenvalue weighted by molar-refractivity contribution is -0.130. The van der Waals surface area contributed by atoms with Gasteiger partial charge in [-0.2, -0.15) is 0 Å². The standard InChI is InChI=1S/C13H26N2O/c1-13(2,3)7-9-15(4)12(16)10-11-6-5-8-14-11/h11,14H,5-10H2,1-4H3. The molecular formula is C13H26N2O. The van der Waals surface area contributed by atoms with Gasteiger partial charge in [-0.25, -0.2) is 0 Å². The molecule has 0 bridgehead atoms. The Balaban J connectivity index is 2.24. The molecule has 0 spiro atoms. The summed E-state index contributed by atoms with van der Waals surface area (Å²) in [5.74, 6) is 0.281. The maximum atomic E-state index is 11.9. The molecule has 1 aliphatic rings. The second kappa shape index (κ2) is 5.67. The normalized spacial score (nSPS) is 21.1. The van der Waals surface area contributed by atoms with Crippen LogP contribution in [0.4, 0.5) is 0 Å². The Morgan fingerprint density at radius 1 is 1.44 bits per heavy atom. The molecule has 0 aromatic heterocycles. The molecule has 1 saturated heterocycles. The summed E-state index contributed by atoms with van der Waals surface area (Å²) in [5.41, 5.74) is 0.306. The van der Waals surface area contributed by atoms with Crippen LogP contribution in [-0.4, -0.2) is 37.0 Å². The molecule has 3 heteroatoms. The Labute approximate surface area is 99.6 Å². The van der Waals surface area contributed by atoms with Crippen molar-refractivity contribution in [2.24, 2.45) is 5.41 Å². The van der Waals surface area contributed by atoms with E-state index >= 15 is 0 Å². The van der Waals surface area contributed by atoms with Crippen LogP contribution in [0.3, 0.4) is 0 Å². The van der Waals surface area contributed by atoms with Gasteiger partial charge in [-0.15, -0.1) is 0 Å². The summed E-state index contributed by atoms with van der Waals surface area (Å²) in [4.78, 5) is 13.8. The fourth-order valence-electron chi connectivity index (χ4n) is 1.93. The van der Waals surface area contributed by atoms with E-state index in [0.717, 1.165) is 25.9 Å². The quantitative estimate of drug-likeness (QED) is 0.795. The van der Waals surface area contributed by atoms with Gasteiger partial charge in [0.1, 0.15) is 0 Å². The first-order valence-corrected chi connectivity index (χ1v) is 6.36. The monoisotopic (exact) mass is 226 g/mol. The Morgan fingerprint density at radius 3 is 2.62 bits per heavy atom. The average Bonchev–Trinajstić information content (AvgIpc) is 2.65. The van der Waals surface area contributed by atoms with Gasteiger partial charge in [0.25, 0.3) is 0 Å². The molecule has 1 amide bonds. The first kappa shape index (κ1) is 13.5. The topological polar surface area (TPSA) is 32.3 Å². The van der Waals surface area contributed by atoms with Crippen LogP contribution >= 0.6 is 0 Å². The van der Waals surface area contributed by atoms with E-state index < -0.39 is 0 Å². The Bertz CT molecular complexity index is 227. The van der Waals surface area contributed by atoms with E-state index in [-0.39, 0.29) is 5.91 Å². The molecule has 0 saturated carbocycles. The van der Waals surface area contributed by atoms with E-state index in [9.17, 15) is 4.79 Å². The molecule has 1 heterocycles. The summed E-state index contributed by atoms with van der Waals surface area (Å²) < 4.78 is 0. The van der Waals surface area contributed by atoms with Crippen molar-refractivity contribution in [1.29, 1.82) is 0 Å². The first-order valence-electron chi connectivity index (χ1n) is 6.36. The van der Waals surface area contributed by atoms with E-state index in [2.05, 4.69) is 26.1 Å². The first-order chi connectivity index (χ1) is 7.38. The van der Waals surface area contributed by atoms with Crippen LogP contribution in [-0.2, 0) is 4.79 Å². The average molecular weight is 226 g/mol. The van der Waals surface area contributed by atoms with Gasteiger partial charge in [0, 0.05) is 26.1 Å². The van der Waals surface area contributed by atoms with Crippen LogP contribution in [0, 0.1) is 5.41 Å². The van der Waals surface area contributed by atoms with Crippen molar-refractivity contribution in [2.45, 2.75) is 52.5 Å². The number of amides is 1. The molecule has 0 aliphatic carbocycles. The van der Waals surface area contributed by atoms with E-state index in [0.29, 0.717) is 17.9 Å². The molecule has 1 N–H and O–H groups in total. The Morgan fingerprint density at radius 2 is 2.12 bits per heavy atom. The second-order valence-electron chi connectivity index (χ2n) is 6.12. The molecule has 1 aliphatic heterocycles.